The highest BCUT2D eigenvalue weighted by atomic mass is 35.5. The minimum absolute atomic E-state index is 0.0177. The molecule has 9 nitrogen and oxygen atoms in total. The molecule has 11 heteroatoms. The maximum absolute atomic E-state index is 13.4. The Hall–Kier alpha value is -3.92. The van der Waals surface area contributed by atoms with Crippen molar-refractivity contribution < 1.29 is 29.1 Å². The molecule has 0 aromatic heterocycles. The van der Waals surface area contributed by atoms with Crippen LogP contribution in [0.5, 0.6) is 0 Å². The zero-order valence-electron chi connectivity index (χ0n) is 24.7. The van der Waals surface area contributed by atoms with Crippen molar-refractivity contribution in [3.8, 4) is 0 Å². The lowest BCUT2D eigenvalue weighted by Gasteiger charge is -2.39. The molecule has 0 heterocycles. The normalized spacial score (nSPS) is 19.5. The molecule has 0 aliphatic heterocycles. The lowest BCUT2D eigenvalue weighted by molar-refractivity contribution is -0.152. The largest absolute Gasteiger partial charge is 0.480 e. The van der Waals surface area contributed by atoms with E-state index in [1.165, 1.54) is 0 Å². The average Bonchev–Trinajstić information content (AvgIpc) is 3.23. The van der Waals surface area contributed by atoms with Gasteiger partial charge in [-0.1, -0.05) is 92.5 Å². The first-order valence-corrected chi connectivity index (χ1v) is 14.9. The summed E-state index contributed by atoms with van der Waals surface area (Å²) >= 11 is 12.2. The molecule has 1 fully saturated rings. The third kappa shape index (κ3) is 7.23. The number of rotatable bonds is 11. The molecule has 44 heavy (non-hydrogen) atoms. The van der Waals surface area contributed by atoms with E-state index in [0.29, 0.717) is 24.1 Å². The maximum atomic E-state index is 13.4. The topological polar surface area (TPSA) is 134 Å². The first-order valence-electron chi connectivity index (χ1n) is 14.2. The summed E-state index contributed by atoms with van der Waals surface area (Å²) in [6.45, 7) is 5.70. The van der Waals surface area contributed by atoms with Gasteiger partial charge in [-0.2, -0.15) is 0 Å². The van der Waals surface area contributed by atoms with E-state index >= 15 is 0 Å². The Kier molecular flexibility index (Phi) is 10.3. The molecule has 3 amide bonds. The predicted octanol–water partition coefficient (Wildman–Crippen LogP) is 6.05. The SMILES string of the molecule is CC1(C(=O)NOCc2ccccc2)CCC(C(=O)NC(Cc2ccc(NC(=O)c3c(Cl)cccc3Cl)cc2)C(=O)O)C1(C)C. The maximum Gasteiger partial charge on any atom is 0.326 e. The van der Waals surface area contributed by atoms with Crippen LogP contribution in [0.25, 0.3) is 0 Å². The van der Waals surface area contributed by atoms with Crippen LogP contribution in [0.15, 0.2) is 72.8 Å². The number of hydrogen-bond acceptors (Lipinski definition) is 5. The second-order valence-corrected chi connectivity index (χ2v) is 12.5. The summed E-state index contributed by atoms with van der Waals surface area (Å²) in [5.74, 6) is -3.01. The van der Waals surface area contributed by atoms with Crippen LogP contribution >= 0.6 is 23.2 Å². The summed E-state index contributed by atoms with van der Waals surface area (Å²) in [6.07, 6.45) is 0.866. The average molecular weight is 641 g/mol. The van der Waals surface area contributed by atoms with Gasteiger partial charge in [0.2, 0.25) is 11.8 Å². The van der Waals surface area contributed by atoms with Crippen molar-refractivity contribution in [2.45, 2.75) is 52.7 Å². The van der Waals surface area contributed by atoms with Gasteiger partial charge in [-0.05, 0) is 53.6 Å². The van der Waals surface area contributed by atoms with Crippen molar-refractivity contribution >= 4 is 52.6 Å². The van der Waals surface area contributed by atoms with Gasteiger partial charge in [0.15, 0.2) is 0 Å². The molecule has 4 N–H and O–H groups in total. The molecule has 3 atom stereocenters. The number of carboxylic acid groups (broad SMARTS) is 1. The van der Waals surface area contributed by atoms with Gasteiger partial charge < -0.3 is 15.7 Å². The van der Waals surface area contributed by atoms with E-state index in [2.05, 4.69) is 16.1 Å². The van der Waals surface area contributed by atoms with Gasteiger partial charge in [-0.3, -0.25) is 19.2 Å². The Bertz CT molecular complexity index is 1510. The number of nitrogens with one attached hydrogen (secondary N) is 3. The van der Waals surface area contributed by atoms with Crippen molar-refractivity contribution in [2.24, 2.45) is 16.7 Å². The number of benzene rings is 3. The van der Waals surface area contributed by atoms with Crippen LogP contribution < -0.4 is 16.1 Å². The molecular weight excluding hydrogens is 605 g/mol. The molecule has 232 valence electrons. The Morgan fingerprint density at radius 1 is 0.909 bits per heavy atom. The molecular formula is C33H35Cl2N3O6. The van der Waals surface area contributed by atoms with Crippen LogP contribution in [-0.4, -0.2) is 34.8 Å². The van der Waals surface area contributed by atoms with Gasteiger partial charge in [-0.25, -0.2) is 10.3 Å². The molecule has 0 bridgehead atoms. The number of aliphatic carboxylic acids is 1. The van der Waals surface area contributed by atoms with E-state index in [-0.39, 0.29) is 34.5 Å². The number of hydroxylamine groups is 1. The Morgan fingerprint density at radius 2 is 1.55 bits per heavy atom. The fourth-order valence-electron chi connectivity index (χ4n) is 5.58. The van der Waals surface area contributed by atoms with E-state index in [1.54, 1.807) is 49.4 Å². The molecule has 0 spiro atoms. The van der Waals surface area contributed by atoms with Crippen LogP contribution in [0.3, 0.4) is 0 Å². The van der Waals surface area contributed by atoms with E-state index in [1.807, 2.05) is 44.2 Å². The smallest absolute Gasteiger partial charge is 0.326 e. The summed E-state index contributed by atoms with van der Waals surface area (Å²) in [6, 6.07) is 19.6. The van der Waals surface area contributed by atoms with E-state index in [4.69, 9.17) is 28.0 Å². The van der Waals surface area contributed by atoms with Gasteiger partial charge in [0.1, 0.15) is 6.04 Å². The van der Waals surface area contributed by atoms with Crippen molar-refractivity contribution in [3.63, 3.8) is 0 Å². The number of carbonyl (C=O) groups is 4. The second-order valence-electron chi connectivity index (χ2n) is 11.7. The Morgan fingerprint density at radius 3 is 2.16 bits per heavy atom. The zero-order valence-corrected chi connectivity index (χ0v) is 26.2. The van der Waals surface area contributed by atoms with E-state index in [9.17, 15) is 24.3 Å². The molecule has 0 radical (unpaired) electrons. The molecule has 1 saturated carbocycles. The predicted molar refractivity (Wildman–Crippen MR) is 168 cm³/mol. The molecule has 0 saturated heterocycles. The molecule has 4 rings (SSSR count). The van der Waals surface area contributed by atoms with Gasteiger partial charge in [0, 0.05) is 18.0 Å². The Labute approximate surface area is 266 Å². The summed E-state index contributed by atoms with van der Waals surface area (Å²) in [4.78, 5) is 56.9. The third-order valence-corrected chi connectivity index (χ3v) is 9.38. The summed E-state index contributed by atoms with van der Waals surface area (Å²) in [7, 11) is 0. The fraction of sp³-hybridized carbons (Fsp3) is 0.333. The Balaban J connectivity index is 1.36. The number of carbonyl (C=O) groups excluding carboxylic acids is 3. The lowest BCUT2D eigenvalue weighted by atomic mass is 9.65. The van der Waals surface area contributed by atoms with E-state index < -0.39 is 40.6 Å². The highest BCUT2D eigenvalue weighted by molar-refractivity contribution is 6.40. The van der Waals surface area contributed by atoms with Crippen LogP contribution in [0, 0.1) is 16.7 Å². The van der Waals surface area contributed by atoms with Gasteiger partial charge in [0.25, 0.3) is 5.91 Å². The van der Waals surface area contributed by atoms with Crippen LogP contribution in [0.1, 0.15) is 55.1 Å². The molecule has 1 aliphatic carbocycles. The number of amides is 3. The molecule has 3 aromatic rings. The zero-order chi connectivity index (χ0) is 32.1. The number of halogens is 2. The van der Waals surface area contributed by atoms with Crippen LogP contribution in [-0.2, 0) is 32.2 Å². The summed E-state index contributed by atoms with van der Waals surface area (Å²) in [5, 5.41) is 15.8. The monoisotopic (exact) mass is 639 g/mol. The minimum Gasteiger partial charge on any atom is -0.480 e. The van der Waals surface area contributed by atoms with Crippen LogP contribution in [0.2, 0.25) is 10.0 Å². The fourth-order valence-corrected chi connectivity index (χ4v) is 6.15. The number of anilines is 1. The van der Waals surface area contributed by atoms with Crippen molar-refractivity contribution in [1.29, 1.82) is 0 Å². The first-order chi connectivity index (χ1) is 20.8. The van der Waals surface area contributed by atoms with Gasteiger partial charge in [-0.15, -0.1) is 0 Å². The summed E-state index contributed by atoms with van der Waals surface area (Å²) < 4.78 is 0. The molecule has 3 unspecified atom stereocenters. The van der Waals surface area contributed by atoms with Crippen molar-refractivity contribution in [1.82, 2.24) is 10.8 Å². The van der Waals surface area contributed by atoms with E-state index in [0.717, 1.165) is 5.56 Å². The molecule has 1 aliphatic rings. The number of hydrogen-bond donors (Lipinski definition) is 4. The highest BCUT2D eigenvalue weighted by Gasteiger charge is 2.58. The lowest BCUT2D eigenvalue weighted by Crippen LogP contribution is -2.51. The first kappa shape index (κ1) is 33.0. The van der Waals surface area contributed by atoms with Crippen molar-refractivity contribution in [3.05, 3.63) is 99.5 Å². The quantitative estimate of drug-likeness (QED) is 0.189. The van der Waals surface area contributed by atoms with Gasteiger partial charge in [0.05, 0.1) is 27.6 Å². The number of carboxylic acids is 1. The minimum atomic E-state index is -1.20. The van der Waals surface area contributed by atoms with Crippen molar-refractivity contribution in [2.75, 3.05) is 5.32 Å². The van der Waals surface area contributed by atoms with Crippen LogP contribution in [0.4, 0.5) is 5.69 Å². The molecule has 3 aromatic carbocycles. The summed E-state index contributed by atoms with van der Waals surface area (Å²) in [5.41, 5.74) is 2.99. The standard InChI is InChI=1S/C33H35Cl2N3O6/c1-32(2)23(16-17-33(32,3)31(43)38-44-19-21-8-5-4-6-9-21)28(39)37-26(30(41)42)18-20-12-14-22(15-13-20)36-29(40)27-24(34)10-7-11-25(27)35/h4-15,23,26H,16-19H2,1-3H3,(H,36,40)(H,37,39)(H,38,43)(H,41,42). The highest BCUT2D eigenvalue weighted by Crippen LogP contribution is 2.56. The third-order valence-electron chi connectivity index (χ3n) is 8.75. The van der Waals surface area contributed by atoms with Gasteiger partial charge >= 0.3 is 5.97 Å². The second kappa shape index (κ2) is 13.8.